The molecule has 3 nitrogen and oxygen atoms in total. The van der Waals surface area contributed by atoms with Crippen molar-refractivity contribution in [3.8, 4) is 0 Å². The van der Waals surface area contributed by atoms with Crippen LogP contribution >= 0.6 is 0 Å². The molecule has 0 N–H and O–H groups in total. The van der Waals surface area contributed by atoms with Gasteiger partial charge in [-0.2, -0.15) is 43.9 Å². The lowest BCUT2D eigenvalue weighted by atomic mass is 10.2. The third-order valence-electron chi connectivity index (χ3n) is 1.87. The monoisotopic (exact) mass is 310 g/mol. The van der Waals surface area contributed by atoms with Gasteiger partial charge in [0.2, 0.25) is 0 Å². The van der Waals surface area contributed by atoms with Crippen LogP contribution in [0.15, 0.2) is 0 Å². The van der Waals surface area contributed by atoms with Gasteiger partial charge in [0.25, 0.3) is 0 Å². The molecular weight excluding hydrogens is 310 g/mol. The zero-order valence-electron chi connectivity index (χ0n) is 8.00. The average Bonchev–Trinajstić information content (AvgIpc) is 2.10. The van der Waals surface area contributed by atoms with Gasteiger partial charge in [0.15, 0.2) is 0 Å². The number of carbonyl (C=O) groups is 1. The van der Waals surface area contributed by atoms with Crippen molar-refractivity contribution in [2.24, 2.45) is 0 Å². The van der Waals surface area contributed by atoms with Crippen LogP contribution in [0, 0.1) is 0 Å². The molecule has 0 unspecified atom stereocenters. The summed E-state index contributed by atoms with van der Waals surface area (Å²) in [7, 11) is 0. The Labute approximate surface area is 95.6 Å². The van der Waals surface area contributed by atoms with Crippen LogP contribution in [0.1, 0.15) is 0 Å². The Bertz CT molecular complexity index is 399. The molecule has 1 aliphatic heterocycles. The molecule has 13 heteroatoms. The van der Waals surface area contributed by atoms with Crippen LogP contribution < -0.4 is 0 Å². The lowest BCUT2D eigenvalue weighted by Crippen LogP contribution is -2.71. The fourth-order valence-electron chi connectivity index (χ4n) is 0.933. The SMILES string of the molecule is O=C1O[C@](F)(C(F)(F)F)C(F)(F)O[C@@]1(F)C(F)(F)F. The number of alkyl halides is 10. The van der Waals surface area contributed by atoms with E-state index in [2.05, 4.69) is 9.47 Å². The fourth-order valence-corrected chi connectivity index (χ4v) is 0.933. The summed E-state index contributed by atoms with van der Waals surface area (Å²) < 4.78 is 127. The molecule has 112 valence electrons. The Hall–Kier alpha value is -1.27. The van der Waals surface area contributed by atoms with Gasteiger partial charge >= 0.3 is 36.1 Å². The second-order valence-electron chi connectivity index (χ2n) is 3.19. The third-order valence-corrected chi connectivity index (χ3v) is 1.87. The van der Waals surface area contributed by atoms with Crippen LogP contribution in [0.5, 0.6) is 0 Å². The molecule has 1 fully saturated rings. The predicted octanol–water partition coefficient (Wildman–Crippen LogP) is 2.61. The van der Waals surface area contributed by atoms with Gasteiger partial charge in [-0.05, 0) is 0 Å². The molecule has 2 atom stereocenters. The molecule has 0 bridgehead atoms. The number of ether oxygens (including phenoxy) is 2. The minimum absolute atomic E-state index is 2.09. The van der Waals surface area contributed by atoms with E-state index in [1.165, 1.54) is 0 Å². The van der Waals surface area contributed by atoms with Crippen molar-refractivity contribution < 1.29 is 58.2 Å². The Morgan fingerprint density at radius 3 is 1.58 bits per heavy atom. The van der Waals surface area contributed by atoms with E-state index in [9.17, 15) is 48.7 Å². The maximum absolute atomic E-state index is 12.9. The maximum atomic E-state index is 12.9. The van der Waals surface area contributed by atoms with E-state index < -0.39 is 36.1 Å². The van der Waals surface area contributed by atoms with E-state index >= 15 is 0 Å². The number of cyclic esters (lactones) is 1. The predicted molar refractivity (Wildman–Crippen MR) is 31.9 cm³/mol. The molecule has 19 heavy (non-hydrogen) atoms. The average molecular weight is 310 g/mol. The zero-order chi connectivity index (χ0) is 15.5. The van der Waals surface area contributed by atoms with Crippen LogP contribution in [-0.2, 0) is 14.3 Å². The number of halogens is 10. The highest BCUT2D eigenvalue weighted by atomic mass is 19.4. The van der Waals surface area contributed by atoms with Crippen molar-refractivity contribution in [2.45, 2.75) is 30.2 Å². The fraction of sp³-hybridized carbons (Fsp3) is 0.833. The van der Waals surface area contributed by atoms with Crippen LogP contribution in [0.25, 0.3) is 0 Å². The summed E-state index contributed by atoms with van der Waals surface area (Å²) in [4.78, 5) is 10.4. The van der Waals surface area contributed by atoms with Gasteiger partial charge in [-0.25, -0.2) is 4.79 Å². The molecule has 0 aromatic rings. The van der Waals surface area contributed by atoms with E-state index in [-0.39, 0.29) is 0 Å². The summed E-state index contributed by atoms with van der Waals surface area (Å²) in [6.45, 7) is 0. The summed E-state index contributed by atoms with van der Waals surface area (Å²) in [5.41, 5.74) is 0. The normalized spacial score (nSPS) is 36.0. The van der Waals surface area contributed by atoms with Gasteiger partial charge < -0.3 is 4.74 Å². The van der Waals surface area contributed by atoms with E-state index in [0.29, 0.717) is 0 Å². The van der Waals surface area contributed by atoms with Gasteiger partial charge in [0, 0.05) is 0 Å². The highest BCUT2D eigenvalue weighted by Gasteiger charge is 2.86. The van der Waals surface area contributed by atoms with Crippen LogP contribution in [0.3, 0.4) is 0 Å². The Balaban J connectivity index is 3.32. The van der Waals surface area contributed by atoms with Crippen molar-refractivity contribution in [3.05, 3.63) is 0 Å². The van der Waals surface area contributed by atoms with Crippen molar-refractivity contribution in [1.29, 1.82) is 0 Å². The van der Waals surface area contributed by atoms with Crippen LogP contribution in [0.2, 0.25) is 0 Å². The second-order valence-corrected chi connectivity index (χ2v) is 3.19. The number of carbonyl (C=O) groups excluding carboxylic acids is 1. The summed E-state index contributed by atoms with van der Waals surface area (Å²) in [6.07, 6.45) is -19.6. The van der Waals surface area contributed by atoms with Gasteiger partial charge in [0.1, 0.15) is 0 Å². The van der Waals surface area contributed by atoms with Crippen molar-refractivity contribution in [1.82, 2.24) is 0 Å². The van der Waals surface area contributed by atoms with E-state index in [4.69, 9.17) is 0 Å². The van der Waals surface area contributed by atoms with Gasteiger partial charge in [0.05, 0.1) is 0 Å². The zero-order valence-corrected chi connectivity index (χ0v) is 8.00. The number of rotatable bonds is 0. The third kappa shape index (κ3) is 1.99. The molecule has 1 aliphatic rings. The Kier molecular flexibility index (Phi) is 3.02. The van der Waals surface area contributed by atoms with Crippen LogP contribution in [-0.4, -0.2) is 36.1 Å². The number of esters is 1. The first-order valence-corrected chi connectivity index (χ1v) is 3.91. The topological polar surface area (TPSA) is 35.5 Å². The maximum Gasteiger partial charge on any atom is 0.470 e. The van der Waals surface area contributed by atoms with E-state index in [0.717, 1.165) is 0 Å². The lowest BCUT2D eigenvalue weighted by molar-refractivity contribution is -0.516. The number of hydrogen-bond acceptors (Lipinski definition) is 3. The highest BCUT2D eigenvalue weighted by molar-refractivity contribution is 5.80. The minimum atomic E-state index is -6.65. The first-order chi connectivity index (χ1) is 8.08. The van der Waals surface area contributed by atoms with Crippen LogP contribution in [0.4, 0.5) is 43.9 Å². The molecule has 1 heterocycles. The van der Waals surface area contributed by atoms with Crippen molar-refractivity contribution in [3.63, 3.8) is 0 Å². The lowest BCUT2D eigenvalue weighted by Gasteiger charge is -2.41. The van der Waals surface area contributed by atoms with E-state index in [1.807, 2.05) is 0 Å². The van der Waals surface area contributed by atoms with E-state index in [1.54, 1.807) is 0 Å². The minimum Gasteiger partial charge on any atom is -0.408 e. The van der Waals surface area contributed by atoms with Crippen molar-refractivity contribution in [2.75, 3.05) is 0 Å². The first-order valence-electron chi connectivity index (χ1n) is 3.91. The smallest absolute Gasteiger partial charge is 0.408 e. The largest absolute Gasteiger partial charge is 0.470 e. The molecule has 0 amide bonds. The summed E-state index contributed by atoms with van der Waals surface area (Å²) in [6, 6.07) is 0. The van der Waals surface area contributed by atoms with Gasteiger partial charge in [-0.3, -0.25) is 4.74 Å². The van der Waals surface area contributed by atoms with Gasteiger partial charge in [-0.1, -0.05) is 0 Å². The molecule has 0 aromatic heterocycles. The highest BCUT2D eigenvalue weighted by Crippen LogP contribution is 2.55. The molecule has 1 rings (SSSR count). The number of hydrogen-bond donors (Lipinski definition) is 0. The Morgan fingerprint density at radius 2 is 1.26 bits per heavy atom. The summed E-state index contributed by atoms with van der Waals surface area (Å²) in [5, 5.41) is 0. The quantitative estimate of drug-likeness (QED) is 0.510. The standard InChI is InChI=1S/C6F10O3/c7-2(4(9,10)11)1(17)18-3(8,5(12,13)14)6(15,16)19-2/t2-,3-/m1/s1. The van der Waals surface area contributed by atoms with Crippen molar-refractivity contribution >= 4 is 5.97 Å². The molecule has 0 aliphatic carbocycles. The first kappa shape index (κ1) is 15.8. The molecule has 1 saturated heterocycles. The molecular formula is C6F10O3. The molecule has 0 saturated carbocycles. The Morgan fingerprint density at radius 1 is 0.842 bits per heavy atom. The second kappa shape index (κ2) is 3.64. The molecule has 0 spiro atoms. The molecule has 0 aromatic carbocycles. The van der Waals surface area contributed by atoms with Gasteiger partial charge in [-0.15, -0.1) is 0 Å². The summed E-state index contributed by atoms with van der Waals surface area (Å²) in [5.74, 6) is -15.8. The summed E-state index contributed by atoms with van der Waals surface area (Å²) >= 11 is 0. The molecule has 0 radical (unpaired) electrons.